The predicted octanol–water partition coefficient (Wildman–Crippen LogP) is 4.01. The summed E-state index contributed by atoms with van der Waals surface area (Å²) in [5, 5.41) is 0. The first-order valence-corrected chi connectivity index (χ1v) is 6.29. The van der Waals surface area contributed by atoms with Crippen LogP contribution in [0.5, 0.6) is 0 Å². The van der Waals surface area contributed by atoms with Crippen LogP contribution in [0.25, 0.3) is 0 Å². The molecule has 1 nitrogen and oxygen atoms in total. The van der Waals surface area contributed by atoms with E-state index in [-0.39, 0.29) is 5.41 Å². The van der Waals surface area contributed by atoms with E-state index < -0.39 is 0 Å². The number of hydrogen-bond acceptors (Lipinski definition) is 1. The van der Waals surface area contributed by atoms with E-state index in [0.29, 0.717) is 5.78 Å². The largest absolute Gasteiger partial charge is 0.294 e. The van der Waals surface area contributed by atoms with Gasteiger partial charge in [0, 0.05) is 11.0 Å². The number of aryl methyl sites for hydroxylation is 1. The SMILES string of the molecule is CCCCc1ccc(C(=O)C2(C)CC2)cc1. The molecule has 86 valence electrons. The van der Waals surface area contributed by atoms with Gasteiger partial charge in [0.1, 0.15) is 0 Å². The van der Waals surface area contributed by atoms with Crippen molar-refractivity contribution < 1.29 is 4.79 Å². The van der Waals surface area contributed by atoms with Crippen LogP contribution in [-0.4, -0.2) is 5.78 Å². The molecule has 0 N–H and O–H groups in total. The Morgan fingerprint density at radius 3 is 2.38 bits per heavy atom. The zero-order chi connectivity index (χ0) is 11.6. The minimum Gasteiger partial charge on any atom is -0.294 e. The Morgan fingerprint density at radius 2 is 1.88 bits per heavy atom. The summed E-state index contributed by atoms with van der Waals surface area (Å²) < 4.78 is 0. The third-order valence-electron chi connectivity index (χ3n) is 3.58. The molecule has 0 radical (unpaired) electrons. The molecule has 1 aliphatic carbocycles. The van der Waals surface area contributed by atoms with Gasteiger partial charge >= 0.3 is 0 Å². The van der Waals surface area contributed by atoms with E-state index in [1.165, 1.54) is 18.4 Å². The fourth-order valence-electron chi connectivity index (χ4n) is 1.97. The molecule has 1 aliphatic rings. The van der Waals surface area contributed by atoms with Crippen molar-refractivity contribution in [1.29, 1.82) is 0 Å². The van der Waals surface area contributed by atoms with Gasteiger partial charge in [-0.25, -0.2) is 0 Å². The number of hydrogen-bond donors (Lipinski definition) is 0. The highest BCUT2D eigenvalue weighted by Gasteiger charge is 2.44. The molecule has 0 atom stereocenters. The molecular formula is C15H20O. The van der Waals surface area contributed by atoms with Crippen LogP contribution in [0.1, 0.15) is 55.5 Å². The molecule has 0 spiro atoms. The van der Waals surface area contributed by atoms with Crippen molar-refractivity contribution in [2.45, 2.75) is 46.0 Å². The topological polar surface area (TPSA) is 17.1 Å². The summed E-state index contributed by atoms with van der Waals surface area (Å²) in [6.45, 7) is 4.27. The van der Waals surface area contributed by atoms with Gasteiger partial charge in [0.05, 0.1) is 0 Å². The average molecular weight is 216 g/mol. The standard InChI is InChI=1S/C15H20O/c1-3-4-5-12-6-8-13(9-7-12)14(16)15(2)10-11-15/h6-9H,3-5,10-11H2,1-2H3. The van der Waals surface area contributed by atoms with Crippen LogP contribution in [0.15, 0.2) is 24.3 Å². The van der Waals surface area contributed by atoms with Gasteiger partial charge in [-0.3, -0.25) is 4.79 Å². The molecule has 0 saturated heterocycles. The van der Waals surface area contributed by atoms with E-state index >= 15 is 0 Å². The highest BCUT2D eigenvalue weighted by Crippen LogP contribution is 2.47. The first-order valence-electron chi connectivity index (χ1n) is 6.29. The second kappa shape index (κ2) is 4.40. The van der Waals surface area contributed by atoms with Crippen LogP contribution in [0.4, 0.5) is 0 Å². The zero-order valence-electron chi connectivity index (χ0n) is 10.3. The lowest BCUT2D eigenvalue weighted by Gasteiger charge is -2.07. The van der Waals surface area contributed by atoms with Gasteiger partial charge in [-0.15, -0.1) is 0 Å². The number of carbonyl (C=O) groups excluding carboxylic acids is 1. The van der Waals surface area contributed by atoms with Gasteiger partial charge in [0.25, 0.3) is 0 Å². The molecule has 1 fully saturated rings. The Balaban J connectivity index is 2.04. The van der Waals surface area contributed by atoms with Crippen LogP contribution < -0.4 is 0 Å². The highest BCUT2D eigenvalue weighted by molar-refractivity contribution is 6.01. The van der Waals surface area contributed by atoms with Gasteiger partial charge < -0.3 is 0 Å². The number of unbranched alkanes of at least 4 members (excludes halogenated alkanes) is 1. The maximum absolute atomic E-state index is 12.1. The van der Waals surface area contributed by atoms with Gasteiger partial charge in [0.2, 0.25) is 0 Å². The summed E-state index contributed by atoms with van der Waals surface area (Å²) in [5.41, 5.74) is 2.20. The summed E-state index contributed by atoms with van der Waals surface area (Å²) in [5.74, 6) is 0.328. The van der Waals surface area contributed by atoms with Crippen molar-refractivity contribution in [2.75, 3.05) is 0 Å². The first kappa shape index (κ1) is 11.4. The molecule has 0 aromatic heterocycles. The van der Waals surface area contributed by atoms with E-state index in [9.17, 15) is 4.79 Å². The monoisotopic (exact) mass is 216 g/mol. The fourth-order valence-corrected chi connectivity index (χ4v) is 1.97. The van der Waals surface area contributed by atoms with E-state index in [4.69, 9.17) is 0 Å². The zero-order valence-corrected chi connectivity index (χ0v) is 10.3. The molecule has 1 saturated carbocycles. The van der Waals surface area contributed by atoms with Gasteiger partial charge in [-0.2, -0.15) is 0 Å². The van der Waals surface area contributed by atoms with Gasteiger partial charge in [-0.05, 0) is 31.2 Å². The minimum absolute atomic E-state index is 0.0368. The van der Waals surface area contributed by atoms with E-state index in [1.54, 1.807) is 0 Å². The van der Waals surface area contributed by atoms with Crippen molar-refractivity contribution in [2.24, 2.45) is 5.41 Å². The van der Waals surface area contributed by atoms with Crippen molar-refractivity contribution in [1.82, 2.24) is 0 Å². The number of benzene rings is 1. The molecule has 2 rings (SSSR count). The predicted molar refractivity (Wildman–Crippen MR) is 66.7 cm³/mol. The summed E-state index contributed by atoms with van der Waals surface area (Å²) in [7, 11) is 0. The Labute approximate surface area is 97.9 Å². The first-order chi connectivity index (χ1) is 7.65. The quantitative estimate of drug-likeness (QED) is 0.680. The summed E-state index contributed by atoms with van der Waals surface area (Å²) in [6, 6.07) is 8.21. The number of Topliss-reactive ketones (excluding diaryl/α,β-unsaturated/α-hetero) is 1. The van der Waals surface area contributed by atoms with Crippen molar-refractivity contribution >= 4 is 5.78 Å². The minimum atomic E-state index is -0.0368. The Kier molecular flexibility index (Phi) is 3.13. The normalized spacial score (nSPS) is 17.1. The number of carbonyl (C=O) groups is 1. The lowest BCUT2D eigenvalue weighted by molar-refractivity contribution is 0.0912. The third kappa shape index (κ3) is 2.34. The fraction of sp³-hybridized carbons (Fsp3) is 0.533. The third-order valence-corrected chi connectivity index (χ3v) is 3.58. The lowest BCUT2D eigenvalue weighted by atomic mass is 9.95. The summed E-state index contributed by atoms with van der Waals surface area (Å²) >= 11 is 0. The molecule has 0 heterocycles. The highest BCUT2D eigenvalue weighted by atomic mass is 16.1. The molecule has 0 unspecified atom stereocenters. The molecule has 1 aromatic rings. The molecule has 1 aromatic carbocycles. The molecule has 0 amide bonds. The van der Waals surface area contributed by atoms with Gasteiger partial charge in [0.15, 0.2) is 5.78 Å². The smallest absolute Gasteiger partial charge is 0.168 e. The Morgan fingerprint density at radius 1 is 1.25 bits per heavy atom. The van der Waals surface area contributed by atoms with Crippen molar-refractivity contribution in [3.8, 4) is 0 Å². The molecule has 1 heteroatoms. The van der Waals surface area contributed by atoms with Crippen LogP contribution in [0.2, 0.25) is 0 Å². The van der Waals surface area contributed by atoms with Crippen LogP contribution in [0.3, 0.4) is 0 Å². The maximum atomic E-state index is 12.1. The van der Waals surface area contributed by atoms with E-state index in [0.717, 1.165) is 24.8 Å². The van der Waals surface area contributed by atoms with Crippen molar-refractivity contribution in [3.05, 3.63) is 35.4 Å². The molecular weight excluding hydrogens is 196 g/mol. The second-order valence-electron chi connectivity index (χ2n) is 5.19. The van der Waals surface area contributed by atoms with Gasteiger partial charge in [-0.1, -0.05) is 44.5 Å². The van der Waals surface area contributed by atoms with Crippen LogP contribution in [-0.2, 0) is 6.42 Å². The molecule has 0 bridgehead atoms. The maximum Gasteiger partial charge on any atom is 0.168 e. The number of rotatable bonds is 5. The summed E-state index contributed by atoms with van der Waals surface area (Å²) in [6.07, 6.45) is 5.69. The Bertz CT molecular complexity index is 371. The summed E-state index contributed by atoms with van der Waals surface area (Å²) in [4.78, 5) is 12.1. The Hall–Kier alpha value is -1.11. The van der Waals surface area contributed by atoms with Crippen LogP contribution in [0, 0.1) is 5.41 Å². The molecule has 16 heavy (non-hydrogen) atoms. The lowest BCUT2D eigenvalue weighted by Crippen LogP contribution is -2.11. The molecule has 0 aliphatic heterocycles. The van der Waals surface area contributed by atoms with Crippen molar-refractivity contribution in [3.63, 3.8) is 0 Å². The number of ketones is 1. The van der Waals surface area contributed by atoms with E-state index in [1.807, 2.05) is 12.1 Å². The van der Waals surface area contributed by atoms with E-state index in [2.05, 4.69) is 26.0 Å². The van der Waals surface area contributed by atoms with Crippen LogP contribution >= 0.6 is 0 Å². The average Bonchev–Trinajstić information content (AvgIpc) is 3.06. The second-order valence-corrected chi connectivity index (χ2v) is 5.19.